The standard InChI is InChI=1S/C29H30N2O2/c1-17(2)22-10-12-24(13-11-22)30-27-26(23-9-8-19(4)20(5)16-23)28(32)31(29(27)33)25-14-7-18(3)15-21(25)6/h7-17,30H,1-6H3. The van der Waals surface area contributed by atoms with Crippen LogP contribution in [0.3, 0.4) is 0 Å². The molecule has 0 atom stereocenters. The van der Waals surface area contributed by atoms with Crippen LogP contribution in [-0.4, -0.2) is 11.8 Å². The predicted molar refractivity (Wildman–Crippen MR) is 135 cm³/mol. The number of carbonyl (C=O) groups is 2. The van der Waals surface area contributed by atoms with Gasteiger partial charge in [-0.3, -0.25) is 9.59 Å². The molecule has 4 heteroatoms. The molecule has 3 aromatic rings. The summed E-state index contributed by atoms with van der Waals surface area (Å²) in [6.07, 6.45) is 0. The van der Waals surface area contributed by atoms with Crippen molar-refractivity contribution in [3.8, 4) is 0 Å². The summed E-state index contributed by atoms with van der Waals surface area (Å²) in [7, 11) is 0. The lowest BCUT2D eigenvalue weighted by molar-refractivity contribution is -0.120. The number of benzene rings is 3. The van der Waals surface area contributed by atoms with Crippen LogP contribution < -0.4 is 10.2 Å². The third-order valence-corrected chi connectivity index (χ3v) is 6.32. The molecular weight excluding hydrogens is 408 g/mol. The largest absolute Gasteiger partial charge is 0.350 e. The van der Waals surface area contributed by atoms with Crippen molar-refractivity contribution in [2.24, 2.45) is 0 Å². The Morgan fingerprint density at radius 1 is 0.727 bits per heavy atom. The fourth-order valence-electron chi connectivity index (χ4n) is 4.18. The molecule has 0 saturated heterocycles. The van der Waals surface area contributed by atoms with E-state index < -0.39 is 0 Å². The molecule has 0 aliphatic carbocycles. The van der Waals surface area contributed by atoms with E-state index in [9.17, 15) is 9.59 Å². The molecule has 2 amide bonds. The molecule has 0 unspecified atom stereocenters. The van der Waals surface area contributed by atoms with Crippen LogP contribution in [0.25, 0.3) is 5.57 Å². The lowest BCUT2D eigenvalue weighted by Gasteiger charge is -2.18. The minimum absolute atomic E-state index is 0.306. The predicted octanol–water partition coefficient (Wildman–Crippen LogP) is 6.44. The number of carbonyl (C=O) groups excluding carboxylic acids is 2. The third kappa shape index (κ3) is 4.21. The summed E-state index contributed by atoms with van der Waals surface area (Å²) < 4.78 is 0. The summed E-state index contributed by atoms with van der Waals surface area (Å²) in [5.41, 5.74) is 8.24. The van der Waals surface area contributed by atoms with E-state index in [4.69, 9.17) is 0 Å². The second kappa shape index (κ2) is 8.70. The summed E-state index contributed by atoms with van der Waals surface area (Å²) in [5, 5.41) is 3.27. The Morgan fingerprint density at radius 3 is 2.03 bits per heavy atom. The monoisotopic (exact) mass is 438 g/mol. The van der Waals surface area contributed by atoms with E-state index in [1.165, 1.54) is 10.5 Å². The number of anilines is 2. The molecule has 0 spiro atoms. The average Bonchev–Trinajstić information content (AvgIpc) is 3.00. The maximum absolute atomic E-state index is 13.7. The summed E-state index contributed by atoms with van der Waals surface area (Å²) in [4.78, 5) is 28.7. The van der Waals surface area contributed by atoms with Crippen LogP contribution in [0.1, 0.15) is 53.1 Å². The first kappa shape index (κ1) is 22.5. The van der Waals surface area contributed by atoms with Crippen LogP contribution in [0.15, 0.2) is 66.4 Å². The fourth-order valence-corrected chi connectivity index (χ4v) is 4.18. The summed E-state index contributed by atoms with van der Waals surface area (Å²) in [5.74, 6) is -0.233. The van der Waals surface area contributed by atoms with E-state index in [-0.39, 0.29) is 11.8 Å². The van der Waals surface area contributed by atoms with E-state index in [1.807, 2.05) is 88.4 Å². The van der Waals surface area contributed by atoms with Crippen LogP contribution in [0.4, 0.5) is 11.4 Å². The molecule has 4 rings (SSSR count). The van der Waals surface area contributed by atoms with Gasteiger partial charge in [0.15, 0.2) is 0 Å². The number of imide groups is 1. The maximum Gasteiger partial charge on any atom is 0.282 e. The van der Waals surface area contributed by atoms with Crippen molar-refractivity contribution in [1.82, 2.24) is 0 Å². The average molecular weight is 439 g/mol. The van der Waals surface area contributed by atoms with Gasteiger partial charge in [0, 0.05) is 5.69 Å². The summed E-state index contributed by atoms with van der Waals surface area (Å²) in [6.45, 7) is 12.3. The van der Waals surface area contributed by atoms with Crippen LogP contribution >= 0.6 is 0 Å². The van der Waals surface area contributed by atoms with Gasteiger partial charge in [0.25, 0.3) is 11.8 Å². The van der Waals surface area contributed by atoms with Crippen molar-refractivity contribution in [2.45, 2.75) is 47.5 Å². The van der Waals surface area contributed by atoms with Crippen molar-refractivity contribution in [3.63, 3.8) is 0 Å². The van der Waals surface area contributed by atoms with Gasteiger partial charge in [-0.05, 0) is 79.6 Å². The summed E-state index contributed by atoms with van der Waals surface area (Å²) >= 11 is 0. The van der Waals surface area contributed by atoms with Crippen LogP contribution in [0, 0.1) is 27.7 Å². The molecule has 1 N–H and O–H groups in total. The van der Waals surface area contributed by atoms with E-state index in [1.54, 1.807) is 0 Å². The maximum atomic E-state index is 13.7. The highest BCUT2D eigenvalue weighted by Gasteiger charge is 2.40. The van der Waals surface area contributed by atoms with Crippen LogP contribution in [0.2, 0.25) is 0 Å². The first-order valence-electron chi connectivity index (χ1n) is 11.3. The Hall–Kier alpha value is -3.66. The molecule has 1 heterocycles. The number of hydrogen-bond donors (Lipinski definition) is 1. The Kier molecular flexibility index (Phi) is 5.94. The van der Waals surface area contributed by atoms with E-state index in [0.29, 0.717) is 22.9 Å². The molecular formula is C29H30N2O2. The van der Waals surface area contributed by atoms with Crippen LogP contribution in [-0.2, 0) is 9.59 Å². The van der Waals surface area contributed by atoms with Gasteiger partial charge in [0.05, 0.1) is 11.3 Å². The van der Waals surface area contributed by atoms with Gasteiger partial charge < -0.3 is 5.32 Å². The van der Waals surface area contributed by atoms with Crippen molar-refractivity contribution >= 4 is 28.8 Å². The van der Waals surface area contributed by atoms with Gasteiger partial charge in [-0.2, -0.15) is 0 Å². The highest BCUT2D eigenvalue weighted by Crippen LogP contribution is 2.36. The third-order valence-electron chi connectivity index (χ3n) is 6.32. The highest BCUT2D eigenvalue weighted by molar-refractivity contribution is 6.46. The quantitative estimate of drug-likeness (QED) is 0.466. The molecule has 1 aliphatic heterocycles. The lowest BCUT2D eigenvalue weighted by Crippen LogP contribution is -2.33. The van der Waals surface area contributed by atoms with Gasteiger partial charge in [-0.1, -0.05) is 61.9 Å². The molecule has 33 heavy (non-hydrogen) atoms. The number of amides is 2. The zero-order valence-corrected chi connectivity index (χ0v) is 20.1. The smallest absolute Gasteiger partial charge is 0.282 e. The first-order valence-corrected chi connectivity index (χ1v) is 11.3. The van der Waals surface area contributed by atoms with Crippen molar-refractivity contribution in [2.75, 3.05) is 10.2 Å². The lowest BCUT2D eigenvalue weighted by atomic mass is 9.99. The molecule has 0 saturated carbocycles. The van der Waals surface area contributed by atoms with Crippen molar-refractivity contribution < 1.29 is 9.59 Å². The normalized spacial score (nSPS) is 14.0. The van der Waals surface area contributed by atoms with Crippen LogP contribution in [0.5, 0.6) is 0 Å². The molecule has 0 bridgehead atoms. The Bertz CT molecular complexity index is 1280. The van der Waals surface area contributed by atoms with Gasteiger partial charge in [-0.25, -0.2) is 4.90 Å². The Morgan fingerprint density at radius 2 is 1.42 bits per heavy atom. The molecule has 0 aromatic heterocycles. The minimum Gasteiger partial charge on any atom is -0.350 e. The molecule has 1 aliphatic rings. The fraction of sp³-hybridized carbons (Fsp3) is 0.241. The number of rotatable bonds is 5. The van der Waals surface area contributed by atoms with Crippen molar-refractivity contribution in [1.29, 1.82) is 0 Å². The van der Waals surface area contributed by atoms with Crippen molar-refractivity contribution in [3.05, 3.63) is 99.7 Å². The zero-order chi connectivity index (χ0) is 23.9. The second-order valence-corrected chi connectivity index (χ2v) is 9.19. The number of nitrogens with zero attached hydrogens (tertiary/aromatic N) is 1. The molecule has 168 valence electrons. The SMILES string of the molecule is Cc1ccc(N2C(=O)C(Nc3ccc(C(C)C)cc3)=C(c3ccc(C)c(C)c3)C2=O)c(C)c1. The van der Waals surface area contributed by atoms with Gasteiger partial charge in [-0.15, -0.1) is 0 Å². The minimum atomic E-state index is -0.340. The van der Waals surface area contributed by atoms with Gasteiger partial charge in [0.1, 0.15) is 5.70 Å². The number of hydrogen-bond acceptors (Lipinski definition) is 3. The zero-order valence-electron chi connectivity index (χ0n) is 20.1. The molecule has 0 fully saturated rings. The molecule has 3 aromatic carbocycles. The summed E-state index contributed by atoms with van der Waals surface area (Å²) in [6, 6.07) is 19.6. The van der Waals surface area contributed by atoms with E-state index >= 15 is 0 Å². The number of nitrogens with one attached hydrogen (secondary N) is 1. The first-order chi connectivity index (χ1) is 15.7. The van der Waals surface area contributed by atoms with Gasteiger partial charge >= 0.3 is 0 Å². The molecule has 4 nitrogen and oxygen atoms in total. The Labute approximate surface area is 195 Å². The van der Waals surface area contributed by atoms with E-state index in [2.05, 4.69) is 19.2 Å². The number of aryl methyl sites for hydroxylation is 4. The van der Waals surface area contributed by atoms with E-state index in [0.717, 1.165) is 33.5 Å². The Balaban J connectivity index is 1.82. The highest BCUT2D eigenvalue weighted by atomic mass is 16.2. The second-order valence-electron chi connectivity index (χ2n) is 9.19. The van der Waals surface area contributed by atoms with Gasteiger partial charge in [0.2, 0.25) is 0 Å². The topological polar surface area (TPSA) is 49.4 Å². The molecule has 0 radical (unpaired) electrons.